The number of carbonyl (C=O) groups is 1. The van der Waals surface area contributed by atoms with Crippen molar-refractivity contribution in [1.82, 2.24) is 26.4 Å². The minimum atomic E-state index is -1.42. The van der Waals surface area contributed by atoms with E-state index in [9.17, 15) is 15.0 Å². The molecule has 0 aromatic carbocycles. The standard InChI is InChI=1S/C49H104N6O3/c1-3-5-7-9-11-13-15-17-19-21-23-25-27-29-31-33-43-53-48(38-45-52-41-36-35-40-51-42-37-39-50)55(49(58)47(57)46-56)54-44-34-32-30-28-26-24-22-20-18-16-14-12-10-8-6-4-2/h47-48,51-54,56-57H,3-46,50H2,1-2H3. The highest BCUT2D eigenvalue weighted by Gasteiger charge is 2.28. The maximum absolute atomic E-state index is 13.4. The van der Waals surface area contributed by atoms with E-state index >= 15 is 0 Å². The summed E-state index contributed by atoms with van der Waals surface area (Å²) in [5.74, 6) is -0.452. The molecule has 0 spiro atoms. The van der Waals surface area contributed by atoms with E-state index in [-0.39, 0.29) is 6.17 Å². The van der Waals surface area contributed by atoms with Crippen molar-refractivity contribution in [3.63, 3.8) is 0 Å². The van der Waals surface area contributed by atoms with Crippen LogP contribution in [-0.4, -0.2) is 85.8 Å². The van der Waals surface area contributed by atoms with Gasteiger partial charge in [-0.3, -0.25) is 15.1 Å². The Labute approximate surface area is 361 Å². The quantitative estimate of drug-likeness (QED) is 0.0183. The highest BCUT2D eigenvalue weighted by molar-refractivity contribution is 5.80. The zero-order valence-corrected chi connectivity index (χ0v) is 39.1. The number of carbonyl (C=O) groups excluding carboxylic acids is 1. The van der Waals surface area contributed by atoms with Gasteiger partial charge < -0.3 is 26.6 Å². The van der Waals surface area contributed by atoms with Crippen LogP contribution in [0.25, 0.3) is 0 Å². The molecule has 9 nitrogen and oxygen atoms in total. The number of hydrogen-bond acceptors (Lipinski definition) is 8. The van der Waals surface area contributed by atoms with E-state index in [0.29, 0.717) is 6.54 Å². The smallest absolute Gasteiger partial charge is 0.269 e. The van der Waals surface area contributed by atoms with Gasteiger partial charge in [-0.25, -0.2) is 5.43 Å². The molecular weight excluding hydrogens is 721 g/mol. The zero-order valence-electron chi connectivity index (χ0n) is 39.1. The molecule has 0 aromatic heterocycles. The van der Waals surface area contributed by atoms with Crippen LogP contribution < -0.4 is 27.1 Å². The molecule has 0 aliphatic heterocycles. The first-order valence-corrected chi connectivity index (χ1v) is 25.8. The van der Waals surface area contributed by atoms with Gasteiger partial charge in [-0.05, 0) is 77.8 Å². The molecule has 9 heteroatoms. The normalized spacial score (nSPS) is 12.7. The Hall–Kier alpha value is -0.810. The summed E-state index contributed by atoms with van der Waals surface area (Å²) in [4.78, 5) is 13.4. The van der Waals surface area contributed by atoms with Gasteiger partial charge in [0.1, 0.15) is 0 Å². The Morgan fingerprint density at radius 2 is 0.793 bits per heavy atom. The number of hydrogen-bond donors (Lipinski definition) is 7. The van der Waals surface area contributed by atoms with Crippen molar-refractivity contribution in [2.75, 3.05) is 52.4 Å². The summed E-state index contributed by atoms with van der Waals surface area (Å²) in [6.45, 7) is 9.95. The van der Waals surface area contributed by atoms with Crippen molar-refractivity contribution >= 4 is 5.91 Å². The molecule has 58 heavy (non-hydrogen) atoms. The molecule has 0 aromatic rings. The molecule has 0 saturated carbocycles. The summed E-state index contributed by atoms with van der Waals surface area (Å²) in [5.41, 5.74) is 8.97. The van der Waals surface area contributed by atoms with Gasteiger partial charge in [0.2, 0.25) is 0 Å². The Morgan fingerprint density at radius 1 is 0.466 bits per heavy atom. The van der Waals surface area contributed by atoms with Gasteiger partial charge in [0, 0.05) is 6.54 Å². The van der Waals surface area contributed by atoms with E-state index < -0.39 is 18.6 Å². The number of aliphatic hydroxyl groups excluding tert-OH is 2. The molecule has 0 radical (unpaired) electrons. The van der Waals surface area contributed by atoms with Crippen molar-refractivity contribution < 1.29 is 15.0 Å². The van der Waals surface area contributed by atoms with Crippen molar-refractivity contribution in [2.45, 2.75) is 257 Å². The summed E-state index contributed by atoms with van der Waals surface area (Å²) >= 11 is 0. The monoisotopic (exact) mass is 825 g/mol. The molecule has 1 amide bonds. The number of nitrogens with zero attached hydrogens (tertiary/aromatic N) is 1. The number of unbranched alkanes of at least 4 members (excludes halogenated alkanes) is 31. The molecule has 0 rings (SSSR count). The lowest BCUT2D eigenvalue weighted by Crippen LogP contribution is -2.59. The number of nitrogens with two attached hydrogens (primary N) is 1. The first-order chi connectivity index (χ1) is 28.6. The van der Waals surface area contributed by atoms with Crippen LogP contribution in [0.1, 0.15) is 245 Å². The lowest BCUT2D eigenvalue weighted by molar-refractivity contribution is -0.149. The molecule has 0 heterocycles. The number of rotatable bonds is 50. The number of aliphatic hydroxyl groups is 2. The molecule has 0 aliphatic carbocycles. The number of amides is 1. The van der Waals surface area contributed by atoms with E-state index in [1.807, 2.05) is 0 Å². The minimum Gasteiger partial charge on any atom is -0.393 e. The van der Waals surface area contributed by atoms with E-state index in [2.05, 4.69) is 35.2 Å². The van der Waals surface area contributed by atoms with Crippen LogP contribution in [0.15, 0.2) is 0 Å². The molecule has 0 aliphatic rings. The van der Waals surface area contributed by atoms with Crippen LogP contribution in [-0.2, 0) is 4.79 Å². The zero-order chi connectivity index (χ0) is 42.3. The van der Waals surface area contributed by atoms with Gasteiger partial charge in [-0.15, -0.1) is 0 Å². The van der Waals surface area contributed by atoms with Crippen LogP contribution in [0.4, 0.5) is 0 Å². The molecule has 2 unspecified atom stereocenters. The van der Waals surface area contributed by atoms with Gasteiger partial charge in [0.25, 0.3) is 5.91 Å². The first kappa shape index (κ1) is 57.2. The van der Waals surface area contributed by atoms with Crippen molar-refractivity contribution in [3.05, 3.63) is 0 Å². The molecule has 0 bridgehead atoms. The second-order valence-corrected chi connectivity index (χ2v) is 17.5. The minimum absolute atomic E-state index is 0.253. The molecule has 2 atom stereocenters. The Bertz CT molecular complexity index is 794. The van der Waals surface area contributed by atoms with E-state index in [1.165, 1.54) is 186 Å². The Kier molecular flexibility index (Phi) is 48.2. The Balaban J connectivity index is 4.54. The SMILES string of the molecule is CCCCCCCCCCCCCCCCCCNC(CCNCCCCNCCCN)N(NCCCCCCCCCCCCCCCCCC)C(=O)C(O)CO. The second-order valence-electron chi connectivity index (χ2n) is 17.5. The van der Waals surface area contributed by atoms with E-state index in [0.717, 1.165) is 84.2 Å². The van der Waals surface area contributed by atoms with Crippen LogP contribution in [0.2, 0.25) is 0 Å². The average Bonchev–Trinajstić information content (AvgIpc) is 3.23. The van der Waals surface area contributed by atoms with Crippen LogP contribution in [0.3, 0.4) is 0 Å². The molecule has 8 N–H and O–H groups in total. The summed E-state index contributed by atoms with van der Waals surface area (Å²) in [6.07, 6.45) is 45.1. The van der Waals surface area contributed by atoms with Gasteiger partial charge in [-0.1, -0.05) is 206 Å². The lowest BCUT2D eigenvalue weighted by Gasteiger charge is -2.34. The fourth-order valence-electron chi connectivity index (χ4n) is 7.93. The molecular formula is C49H104N6O3. The third-order valence-corrected chi connectivity index (χ3v) is 11.8. The predicted molar refractivity (Wildman–Crippen MR) is 252 cm³/mol. The third-order valence-electron chi connectivity index (χ3n) is 11.8. The molecule has 0 saturated heterocycles. The van der Waals surface area contributed by atoms with Crippen molar-refractivity contribution in [1.29, 1.82) is 0 Å². The average molecular weight is 825 g/mol. The number of hydrazine groups is 1. The van der Waals surface area contributed by atoms with E-state index in [4.69, 9.17) is 5.73 Å². The van der Waals surface area contributed by atoms with Gasteiger partial charge >= 0.3 is 0 Å². The number of nitrogens with one attached hydrogen (secondary N) is 4. The topological polar surface area (TPSA) is 135 Å². The maximum Gasteiger partial charge on any atom is 0.269 e. The molecule has 0 fully saturated rings. The molecule has 348 valence electrons. The van der Waals surface area contributed by atoms with Crippen LogP contribution >= 0.6 is 0 Å². The van der Waals surface area contributed by atoms with Crippen molar-refractivity contribution in [2.24, 2.45) is 5.73 Å². The summed E-state index contributed by atoms with van der Waals surface area (Å²) < 4.78 is 0. The summed E-state index contributed by atoms with van der Waals surface area (Å²) in [5, 5.41) is 32.4. The van der Waals surface area contributed by atoms with Crippen LogP contribution in [0, 0.1) is 0 Å². The second kappa shape index (κ2) is 48.9. The Morgan fingerprint density at radius 3 is 1.17 bits per heavy atom. The van der Waals surface area contributed by atoms with Gasteiger partial charge in [0.15, 0.2) is 6.10 Å². The predicted octanol–water partition coefficient (Wildman–Crippen LogP) is 10.8. The highest BCUT2D eigenvalue weighted by atomic mass is 16.3. The third kappa shape index (κ3) is 40.6. The van der Waals surface area contributed by atoms with Crippen LogP contribution in [0.5, 0.6) is 0 Å². The fraction of sp³-hybridized carbons (Fsp3) is 0.980. The lowest BCUT2D eigenvalue weighted by atomic mass is 10.0. The largest absolute Gasteiger partial charge is 0.393 e. The highest BCUT2D eigenvalue weighted by Crippen LogP contribution is 2.15. The van der Waals surface area contributed by atoms with E-state index in [1.54, 1.807) is 5.01 Å². The van der Waals surface area contributed by atoms with Gasteiger partial charge in [-0.2, -0.15) is 0 Å². The maximum atomic E-state index is 13.4. The fourth-order valence-corrected chi connectivity index (χ4v) is 7.93. The summed E-state index contributed by atoms with van der Waals surface area (Å²) in [7, 11) is 0. The van der Waals surface area contributed by atoms with Crippen molar-refractivity contribution in [3.8, 4) is 0 Å². The summed E-state index contributed by atoms with van der Waals surface area (Å²) in [6, 6.07) is 0. The first-order valence-electron chi connectivity index (χ1n) is 25.8. The van der Waals surface area contributed by atoms with Gasteiger partial charge in [0.05, 0.1) is 12.8 Å².